The number of hydrogen-bond acceptors (Lipinski definition) is 2. The van der Waals surface area contributed by atoms with Crippen molar-refractivity contribution in [3.63, 3.8) is 0 Å². The minimum absolute atomic E-state index is 0.107. The predicted octanol–water partition coefficient (Wildman–Crippen LogP) is 3.33. The average molecular weight is 296 g/mol. The van der Waals surface area contributed by atoms with Crippen molar-refractivity contribution in [2.75, 3.05) is 5.88 Å². The summed E-state index contributed by atoms with van der Waals surface area (Å²) in [7, 11) is 1.70. The van der Waals surface area contributed by atoms with Crippen molar-refractivity contribution in [1.29, 1.82) is 0 Å². The van der Waals surface area contributed by atoms with Crippen molar-refractivity contribution in [2.24, 2.45) is 7.05 Å². The van der Waals surface area contributed by atoms with Crippen molar-refractivity contribution < 1.29 is 9.59 Å². The van der Waals surface area contributed by atoms with Crippen LogP contribution in [0.2, 0.25) is 5.02 Å². The monoisotopic (exact) mass is 295 g/mol. The Bertz CT molecular complexity index is 647. The van der Waals surface area contributed by atoms with E-state index >= 15 is 0 Å². The van der Waals surface area contributed by atoms with Gasteiger partial charge in [0.1, 0.15) is 0 Å². The number of alkyl halides is 1. The maximum atomic E-state index is 12.4. The van der Waals surface area contributed by atoms with Crippen molar-refractivity contribution in [3.05, 3.63) is 58.4 Å². The molecule has 1 aromatic heterocycles. The second-order valence-corrected chi connectivity index (χ2v) is 4.77. The van der Waals surface area contributed by atoms with E-state index in [0.717, 1.165) is 0 Å². The quantitative estimate of drug-likeness (QED) is 0.641. The zero-order chi connectivity index (χ0) is 14.0. The minimum Gasteiger partial charge on any atom is -0.347 e. The molecule has 0 aliphatic carbocycles. The second kappa shape index (κ2) is 5.59. The molecule has 5 heteroatoms. The van der Waals surface area contributed by atoms with E-state index in [2.05, 4.69) is 0 Å². The predicted molar refractivity (Wildman–Crippen MR) is 75.3 cm³/mol. The van der Waals surface area contributed by atoms with Crippen LogP contribution in [0.4, 0.5) is 0 Å². The van der Waals surface area contributed by atoms with E-state index in [1.165, 1.54) is 6.07 Å². The fourth-order valence-electron chi connectivity index (χ4n) is 1.80. The number of ketones is 2. The number of aromatic nitrogens is 1. The van der Waals surface area contributed by atoms with E-state index in [1.54, 1.807) is 42.1 Å². The van der Waals surface area contributed by atoms with Gasteiger partial charge in [-0.15, -0.1) is 11.6 Å². The summed E-state index contributed by atoms with van der Waals surface area (Å²) in [6.07, 6.45) is 1.59. The number of Topliss-reactive ketones (excluding diaryl/α,β-unsaturated/α-hetero) is 1. The molecule has 2 aromatic rings. The summed E-state index contributed by atoms with van der Waals surface area (Å²) in [5.74, 6) is -0.541. The largest absolute Gasteiger partial charge is 0.347 e. The first-order chi connectivity index (χ1) is 9.04. The highest BCUT2D eigenvalue weighted by atomic mass is 35.5. The molecule has 0 radical (unpaired) electrons. The Morgan fingerprint density at radius 2 is 1.95 bits per heavy atom. The summed E-state index contributed by atoms with van der Waals surface area (Å²) >= 11 is 11.5. The summed E-state index contributed by atoms with van der Waals surface area (Å²) < 4.78 is 1.60. The lowest BCUT2D eigenvalue weighted by atomic mass is 10.1. The van der Waals surface area contributed by atoms with E-state index in [4.69, 9.17) is 23.2 Å². The average Bonchev–Trinajstić information content (AvgIpc) is 2.80. The summed E-state index contributed by atoms with van der Waals surface area (Å²) in [4.78, 5) is 23.9. The molecule has 0 N–H and O–H groups in total. The van der Waals surface area contributed by atoms with Crippen LogP contribution in [0.15, 0.2) is 36.5 Å². The number of carbonyl (C=O) groups is 2. The first-order valence-corrected chi connectivity index (χ1v) is 6.50. The summed E-state index contributed by atoms with van der Waals surface area (Å²) in [5, 5.41) is 0.388. The lowest BCUT2D eigenvalue weighted by Gasteiger charge is -2.04. The summed E-state index contributed by atoms with van der Waals surface area (Å²) in [6, 6.07) is 8.35. The minimum atomic E-state index is -0.221. The zero-order valence-corrected chi connectivity index (χ0v) is 11.7. The first kappa shape index (κ1) is 13.8. The molecule has 19 heavy (non-hydrogen) atoms. The fourth-order valence-corrected chi connectivity index (χ4v) is 2.18. The molecule has 0 aliphatic rings. The lowest BCUT2D eigenvalue weighted by Crippen LogP contribution is -2.07. The molecule has 0 spiro atoms. The SMILES string of the molecule is Cn1cc(C(=O)CCl)cc1C(=O)c1ccccc1Cl. The number of nitrogens with zero attached hydrogens (tertiary/aromatic N) is 1. The van der Waals surface area contributed by atoms with Gasteiger partial charge >= 0.3 is 0 Å². The highest BCUT2D eigenvalue weighted by molar-refractivity contribution is 6.35. The first-order valence-electron chi connectivity index (χ1n) is 5.59. The van der Waals surface area contributed by atoms with Crippen LogP contribution in [-0.2, 0) is 7.05 Å². The normalized spacial score (nSPS) is 10.5. The molecule has 0 amide bonds. The van der Waals surface area contributed by atoms with Crippen molar-refractivity contribution in [3.8, 4) is 0 Å². The van der Waals surface area contributed by atoms with Crippen LogP contribution in [0.1, 0.15) is 26.4 Å². The smallest absolute Gasteiger partial charge is 0.210 e. The van der Waals surface area contributed by atoms with Gasteiger partial charge in [-0.25, -0.2) is 0 Å². The third kappa shape index (κ3) is 2.72. The van der Waals surface area contributed by atoms with Crippen LogP contribution >= 0.6 is 23.2 Å². The molecule has 0 aliphatic heterocycles. The van der Waals surface area contributed by atoms with Crippen molar-refractivity contribution in [1.82, 2.24) is 4.57 Å². The molecular formula is C14H11Cl2NO2. The maximum Gasteiger partial charge on any atom is 0.210 e. The van der Waals surface area contributed by atoms with Crippen molar-refractivity contribution in [2.45, 2.75) is 0 Å². The number of hydrogen-bond donors (Lipinski definition) is 0. The van der Waals surface area contributed by atoms with Gasteiger partial charge in [-0.1, -0.05) is 23.7 Å². The number of rotatable bonds is 4. The van der Waals surface area contributed by atoms with Gasteiger partial charge in [0.05, 0.1) is 16.6 Å². The molecule has 0 saturated carbocycles. The maximum absolute atomic E-state index is 12.4. The zero-order valence-electron chi connectivity index (χ0n) is 10.2. The third-order valence-corrected chi connectivity index (χ3v) is 3.37. The van der Waals surface area contributed by atoms with Gasteiger partial charge in [0.2, 0.25) is 5.78 Å². The van der Waals surface area contributed by atoms with E-state index in [0.29, 0.717) is 21.8 Å². The van der Waals surface area contributed by atoms with Gasteiger partial charge in [-0.2, -0.15) is 0 Å². The van der Waals surface area contributed by atoms with Crippen LogP contribution in [-0.4, -0.2) is 22.0 Å². The van der Waals surface area contributed by atoms with Gasteiger partial charge in [0, 0.05) is 24.4 Å². The Hall–Kier alpha value is -1.58. The van der Waals surface area contributed by atoms with E-state index in [1.807, 2.05) is 0 Å². The Kier molecular flexibility index (Phi) is 4.08. The standard InChI is InChI=1S/C14H11Cl2NO2/c1-17-8-9(13(18)7-15)6-12(17)14(19)10-4-2-3-5-11(10)16/h2-6,8H,7H2,1H3. The lowest BCUT2D eigenvalue weighted by molar-refractivity contribution is 0.101. The highest BCUT2D eigenvalue weighted by Crippen LogP contribution is 2.20. The Morgan fingerprint density at radius 1 is 1.26 bits per heavy atom. The molecule has 2 rings (SSSR count). The fraction of sp³-hybridized carbons (Fsp3) is 0.143. The van der Waals surface area contributed by atoms with Crippen molar-refractivity contribution >= 4 is 34.8 Å². The molecule has 0 bridgehead atoms. The molecule has 0 atom stereocenters. The summed E-state index contributed by atoms with van der Waals surface area (Å²) in [5.41, 5.74) is 1.24. The topological polar surface area (TPSA) is 39.1 Å². The van der Waals surface area contributed by atoms with Crippen LogP contribution in [0.5, 0.6) is 0 Å². The van der Waals surface area contributed by atoms with E-state index < -0.39 is 0 Å². The number of halogens is 2. The molecule has 98 valence electrons. The number of aryl methyl sites for hydroxylation is 1. The number of carbonyl (C=O) groups excluding carboxylic acids is 2. The molecule has 1 aromatic carbocycles. The van der Waals surface area contributed by atoms with Gasteiger partial charge in [-0.05, 0) is 18.2 Å². The Balaban J connectivity index is 2.43. The Morgan fingerprint density at radius 3 is 2.58 bits per heavy atom. The van der Waals surface area contributed by atoms with Crippen LogP contribution in [0, 0.1) is 0 Å². The molecule has 3 nitrogen and oxygen atoms in total. The second-order valence-electron chi connectivity index (χ2n) is 4.09. The van der Waals surface area contributed by atoms with Crippen LogP contribution < -0.4 is 0 Å². The molecule has 0 fully saturated rings. The highest BCUT2D eigenvalue weighted by Gasteiger charge is 2.18. The van der Waals surface area contributed by atoms with Gasteiger partial charge in [0.25, 0.3) is 0 Å². The molecule has 1 heterocycles. The van der Waals surface area contributed by atoms with Gasteiger partial charge in [0.15, 0.2) is 5.78 Å². The third-order valence-electron chi connectivity index (χ3n) is 2.80. The van der Waals surface area contributed by atoms with E-state index in [-0.39, 0.29) is 17.4 Å². The summed E-state index contributed by atoms with van der Waals surface area (Å²) in [6.45, 7) is 0. The number of benzene rings is 1. The van der Waals surface area contributed by atoms with Crippen LogP contribution in [0.3, 0.4) is 0 Å². The Labute approximate surface area is 120 Å². The van der Waals surface area contributed by atoms with Crippen LogP contribution in [0.25, 0.3) is 0 Å². The van der Waals surface area contributed by atoms with E-state index in [9.17, 15) is 9.59 Å². The van der Waals surface area contributed by atoms with Gasteiger partial charge in [-0.3, -0.25) is 9.59 Å². The molecule has 0 unspecified atom stereocenters. The molecular weight excluding hydrogens is 285 g/mol. The molecule has 0 saturated heterocycles. The van der Waals surface area contributed by atoms with Gasteiger partial charge < -0.3 is 4.57 Å².